The van der Waals surface area contributed by atoms with Crippen LogP contribution in [0.15, 0.2) is 36.7 Å². The first-order valence-electron chi connectivity index (χ1n) is 6.63. The summed E-state index contributed by atoms with van der Waals surface area (Å²) in [4.78, 5) is 19.9. The highest BCUT2D eigenvalue weighted by atomic mass is 16.1. The molecule has 0 aliphatic heterocycles. The molecule has 5 heteroatoms. The summed E-state index contributed by atoms with van der Waals surface area (Å²) in [7, 11) is 0. The Morgan fingerprint density at radius 1 is 1.25 bits per heavy atom. The molecule has 2 aromatic rings. The maximum atomic E-state index is 11.8. The second-order valence-electron chi connectivity index (χ2n) is 4.54. The smallest absolute Gasteiger partial charge is 0.270 e. The molecule has 1 heterocycles. The zero-order chi connectivity index (χ0) is 14.4. The maximum Gasteiger partial charge on any atom is 0.270 e. The Hall–Kier alpha value is -2.43. The molecule has 1 aromatic heterocycles. The summed E-state index contributed by atoms with van der Waals surface area (Å²) in [5.74, 6) is 0.425. The summed E-state index contributed by atoms with van der Waals surface area (Å²) in [5, 5.41) is 5.96. The second kappa shape index (κ2) is 6.65. The molecule has 2 N–H and O–H groups in total. The van der Waals surface area contributed by atoms with Crippen molar-refractivity contribution >= 4 is 17.4 Å². The molecule has 0 spiro atoms. The standard InChI is InChI=1S/C15H18N4O/c1-3-7-16-15(20)13-9-14(18-10-17-13)19-12-6-4-5-11(2)8-12/h4-6,8-10H,3,7H2,1-2H3,(H,16,20)(H,17,18,19). The normalized spacial score (nSPS) is 10.1. The predicted octanol–water partition coefficient (Wildman–Crippen LogP) is 2.67. The van der Waals surface area contributed by atoms with Crippen LogP contribution in [0.25, 0.3) is 0 Å². The van der Waals surface area contributed by atoms with Crippen LogP contribution in [-0.4, -0.2) is 22.4 Å². The van der Waals surface area contributed by atoms with E-state index in [2.05, 4.69) is 20.6 Å². The Morgan fingerprint density at radius 2 is 2.10 bits per heavy atom. The number of nitrogens with zero attached hydrogens (tertiary/aromatic N) is 2. The van der Waals surface area contributed by atoms with Crippen LogP contribution in [0.5, 0.6) is 0 Å². The molecule has 5 nitrogen and oxygen atoms in total. The molecule has 104 valence electrons. The number of carbonyl (C=O) groups excluding carboxylic acids is 1. The van der Waals surface area contributed by atoms with E-state index in [1.165, 1.54) is 6.33 Å². The van der Waals surface area contributed by atoms with Crippen molar-refractivity contribution in [3.8, 4) is 0 Å². The van der Waals surface area contributed by atoms with Gasteiger partial charge in [-0.05, 0) is 31.0 Å². The highest BCUT2D eigenvalue weighted by Crippen LogP contribution is 2.15. The lowest BCUT2D eigenvalue weighted by atomic mass is 10.2. The molecular formula is C15H18N4O. The molecule has 0 radical (unpaired) electrons. The summed E-state index contributed by atoms with van der Waals surface area (Å²) in [6.45, 7) is 4.67. The van der Waals surface area contributed by atoms with Gasteiger partial charge >= 0.3 is 0 Å². The van der Waals surface area contributed by atoms with E-state index in [1.54, 1.807) is 6.07 Å². The SMILES string of the molecule is CCCNC(=O)c1cc(Nc2cccc(C)c2)ncn1. The molecule has 1 aromatic carbocycles. The van der Waals surface area contributed by atoms with Crippen LogP contribution in [0.4, 0.5) is 11.5 Å². The van der Waals surface area contributed by atoms with Gasteiger partial charge in [0.25, 0.3) is 5.91 Å². The lowest BCUT2D eigenvalue weighted by molar-refractivity contribution is 0.0948. The minimum Gasteiger partial charge on any atom is -0.351 e. The molecule has 20 heavy (non-hydrogen) atoms. The molecular weight excluding hydrogens is 252 g/mol. The van der Waals surface area contributed by atoms with Gasteiger partial charge in [0.1, 0.15) is 17.8 Å². The lowest BCUT2D eigenvalue weighted by Gasteiger charge is -2.07. The van der Waals surface area contributed by atoms with Gasteiger partial charge in [-0.25, -0.2) is 9.97 Å². The summed E-state index contributed by atoms with van der Waals surface area (Å²) in [6, 6.07) is 9.60. The first-order chi connectivity index (χ1) is 9.69. The summed E-state index contributed by atoms with van der Waals surface area (Å²) >= 11 is 0. The van der Waals surface area contributed by atoms with E-state index >= 15 is 0 Å². The van der Waals surface area contributed by atoms with Crippen molar-refractivity contribution < 1.29 is 4.79 Å². The number of anilines is 2. The molecule has 0 saturated carbocycles. The Bertz CT molecular complexity index is 598. The van der Waals surface area contributed by atoms with Gasteiger partial charge in [0.2, 0.25) is 0 Å². The van der Waals surface area contributed by atoms with E-state index in [4.69, 9.17) is 0 Å². The Kier molecular flexibility index (Phi) is 4.65. The fraction of sp³-hybridized carbons (Fsp3) is 0.267. The van der Waals surface area contributed by atoms with Crippen LogP contribution in [0.1, 0.15) is 29.4 Å². The number of benzene rings is 1. The third kappa shape index (κ3) is 3.78. The van der Waals surface area contributed by atoms with Crippen LogP contribution in [0, 0.1) is 6.92 Å². The Morgan fingerprint density at radius 3 is 2.85 bits per heavy atom. The van der Waals surface area contributed by atoms with E-state index in [0.29, 0.717) is 18.1 Å². The van der Waals surface area contributed by atoms with E-state index in [9.17, 15) is 4.79 Å². The number of carbonyl (C=O) groups is 1. The zero-order valence-corrected chi connectivity index (χ0v) is 11.7. The number of aromatic nitrogens is 2. The summed E-state index contributed by atoms with van der Waals surface area (Å²) in [5.41, 5.74) is 2.46. The summed E-state index contributed by atoms with van der Waals surface area (Å²) in [6.07, 6.45) is 2.28. The van der Waals surface area contributed by atoms with Crippen LogP contribution in [-0.2, 0) is 0 Å². The van der Waals surface area contributed by atoms with Crippen molar-refractivity contribution in [1.82, 2.24) is 15.3 Å². The van der Waals surface area contributed by atoms with Crippen LogP contribution >= 0.6 is 0 Å². The van der Waals surface area contributed by atoms with Gasteiger partial charge in [-0.2, -0.15) is 0 Å². The number of hydrogen-bond donors (Lipinski definition) is 2. The predicted molar refractivity (Wildman–Crippen MR) is 79.1 cm³/mol. The number of amides is 1. The summed E-state index contributed by atoms with van der Waals surface area (Å²) < 4.78 is 0. The minimum absolute atomic E-state index is 0.179. The minimum atomic E-state index is -0.179. The van der Waals surface area contributed by atoms with Crippen molar-refractivity contribution in [2.24, 2.45) is 0 Å². The van der Waals surface area contributed by atoms with E-state index in [1.807, 2.05) is 38.1 Å². The monoisotopic (exact) mass is 270 g/mol. The largest absolute Gasteiger partial charge is 0.351 e. The topological polar surface area (TPSA) is 66.9 Å². The van der Waals surface area contributed by atoms with Crippen molar-refractivity contribution in [3.63, 3.8) is 0 Å². The number of rotatable bonds is 5. The average molecular weight is 270 g/mol. The van der Waals surface area contributed by atoms with Crippen molar-refractivity contribution in [2.75, 3.05) is 11.9 Å². The maximum absolute atomic E-state index is 11.8. The highest BCUT2D eigenvalue weighted by Gasteiger charge is 2.07. The molecule has 0 saturated heterocycles. The average Bonchev–Trinajstić information content (AvgIpc) is 2.45. The molecule has 0 atom stereocenters. The van der Waals surface area contributed by atoms with E-state index in [-0.39, 0.29) is 5.91 Å². The highest BCUT2D eigenvalue weighted by molar-refractivity contribution is 5.92. The van der Waals surface area contributed by atoms with Crippen molar-refractivity contribution in [2.45, 2.75) is 20.3 Å². The molecule has 2 rings (SSSR count). The zero-order valence-electron chi connectivity index (χ0n) is 11.7. The number of hydrogen-bond acceptors (Lipinski definition) is 4. The van der Waals surface area contributed by atoms with E-state index < -0.39 is 0 Å². The number of aryl methyl sites for hydroxylation is 1. The molecule has 0 fully saturated rings. The molecule has 1 amide bonds. The molecule has 0 bridgehead atoms. The Balaban J connectivity index is 2.11. The lowest BCUT2D eigenvalue weighted by Crippen LogP contribution is -2.25. The van der Waals surface area contributed by atoms with Gasteiger partial charge < -0.3 is 10.6 Å². The first kappa shape index (κ1) is 14.0. The van der Waals surface area contributed by atoms with Crippen LogP contribution in [0.2, 0.25) is 0 Å². The third-order valence-corrected chi connectivity index (χ3v) is 2.73. The van der Waals surface area contributed by atoms with Gasteiger partial charge in [0.15, 0.2) is 0 Å². The van der Waals surface area contributed by atoms with Gasteiger partial charge in [-0.3, -0.25) is 4.79 Å². The molecule has 0 aliphatic carbocycles. The quantitative estimate of drug-likeness (QED) is 0.876. The molecule has 0 unspecified atom stereocenters. The van der Waals surface area contributed by atoms with Gasteiger partial charge in [-0.15, -0.1) is 0 Å². The third-order valence-electron chi connectivity index (χ3n) is 2.73. The van der Waals surface area contributed by atoms with Crippen LogP contribution in [0.3, 0.4) is 0 Å². The van der Waals surface area contributed by atoms with Gasteiger partial charge in [0.05, 0.1) is 0 Å². The van der Waals surface area contributed by atoms with Crippen molar-refractivity contribution in [3.05, 3.63) is 47.9 Å². The second-order valence-corrected chi connectivity index (χ2v) is 4.54. The van der Waals surface area contributed by atoms with Crippen molar-refractivity contribution in [1.29, 1.82) is 0 Å². The van der Waals surface area contributed by atoms with E-state index in [0.717, 1.165) is 17.7 Å². The van der Waals surface area contributed by atoms with Crippen LogP contribution < -0.4 is 10.6 Å². The fourth-order valence-electron chi connectivity index (χ4n) is 1.75. The first-order valence-corrected chi connectivity index (χ1v) is 6.63. The number of nitrogens with one attached hydrogen (secondary N) is 2. The molecule has 0 aliphatic rings. The van der Waals surface area contributed by atoms with Gasteiger partial charge in [-0.1, -0.05) is 19.1 Å². The fourth-order valence-corrected chi connectivity index (χ4v) is 1.75. The Labute approximate surface area is 118 Å². The van der Waals surface area contributed by atoms with Gasteiger partial charge in [0, 0.05) is 18.3 Å².